The van der Waals surface area contributed by atoms with Crippen LogP contribution in [0.1, 0.15) is 83.3 Å². The molecule has 3 saturated heterocycles. The molecular formula is C57H83N13O16. The van der Waals surface area contributed by atoms with Gasteiger partial charge in [-0.25, -0.2) is 4.79 Å². The van der Waals surface area contributed by atoms with Gasteiger partial charge >= 0.3 is 5.97 Å². The standard InChI is InChI=1S/C57H83N13O16/c1-32(2)21-40(54(82)69-30-36(72)24-43(69)52(80)61-27-46(75)63-39(22-34-13-6-4-7-14-34)50(78)66-38(57(85)86)17-10-11-19-58)65-47(76)28-60-51(79)42-18-12-20-68(42)56(84)49(33(3)71)67-48(77)29-62-53(81)44-25-37(73)31-70(44)55(83)41(64-45(74)26-59)23-35-15-8-5-9-16-35/h4-9,13-16,32-33,36-44,49,71-73H,10-12,17-31,58-59H2,1-3H3,(H,60,79)(H,61,80)(H,62,81)(H,63,75)(H,64,74)(H,65,76)(H,66,78)(H,67,77)(H,85,86)/t33-,36-,37-,38+,39+,40+,41+,42+,43+,44+,49+/m1/s1. The third-order valence-corrected chi connectivity index (χ3v) is 14.8. The Morgan fingerprint density at radius 3 is 1.50 bits per heavy atom. The normalized spacial score (nSPS) is 20.3. The first-order valence-corrected chi connectivity index (χ1v) is 28.9. The maximum absolute atomic E-state index is 14.2. The third kappa shape index (κ3) is 20.6. The van der Waals surface area contributed by atoms with E-state index in [0.29, 0.717) is 36.9 Å². The van der Waals surface area contributed by atoms with E-state index in [1.165, 1.54) is 6.92 Å². The van der Waals surface area contributed by atoms with Gasteiger partial charge in [0.05, 0.1) is 44.5 Å². The third-order valence-electron chi connectivity index (χ3n) is 14.8. The Kier molecular flexibility index (Phi) is 26.8. The number of carboxylic acid groups (broad SMARTS) is 1. The number of benzene rings is 2. The van der Waals surface area contributed by atoms with Crippen LogP contribution in [0.5, 0.6) is 0 Å². The van der Waals surface area contributed by atoms with Crippen LogP contribution in [0, 0.1) is 5.92 Å². The molecule has 11 amide bonds. The zero-order chi connectivity index (χ0) is 63.2. The highest BCUT2D eigenvalue weighted by Gasteiger charge is 2.45. The number of hydrogen-bond donors (Lipinski definition) is 14. The number of β-amino-alcohol motifs (C(OH)–C–C–N with tert-alkyl or cyclic N) is 2. The number of aliphatic hydroxyl groups excluding tert-OH is 3. The second kappa shape index (κ2) is 33.5. The first kappa shape index (κ1) is 68.7. The van der Waals surface area contributed by atoms with Crippen molar-refractivity contribution >= 4 is 70.9 Å². The summed E-state index contributed by atoms with van der Waals surface area (Å²) in [6.07, 6.45) is -2.63. The van der Waals surface area contributed by atoms with Crippen molar-refractivity contribution in [1.29, 1.82) is 0 Å². The van der Waals surface area contributed by atoms with E-state index in [-0.39, 0.29) is 70.5 Å². The van der Waals surface area contributed by atoms with Crippen molar-refractivity contribution in [2.75, 3.05) is 52.4 Å². The molecule has 2 aromatic carbocycles. The van der Waals surface area contributed by atoms with Crippen molar-refractivity contribution in [2.45, 2.75) is 152 Å². The van der Waals surface area contributed by atoms with E-state index < -0.39 is 164 Å². The maximum atomic E-state index is 14.2. The number of nitrogens with zero attached hydrogens (tertiary/aromatic N) is 3. The summed E-state index contributed by atoms with van der Waals surface area (Å²) in [5, 5.41) is 61.6. The molecule has 11 atom stereocenters. The van der Waals surface area contributed by atoms with E-state index in [9.17, 15) is 78.0 Å². The second-order valence-electron chi connectivity index (χ2n) is 22.2. The minimum Gasteiger partial charge on any atom is -0.480 e. The summed E-state index contributed by atoms with van der Waals surface area (Å²) in [5.74, 6) is -10.2. The van der Waals surface area contributed by atoms with E-state index in [1.54, 1.807) is 74.5 Å². The van der Waals surface area contributed by atoms with E-state index in [1.807, 2.05) is 0 Å². The highest BCUT2D eigenvalue weighted by atomic mass is 16.4. The number of likely N-dealkylation sites (tertiary alicyclic amines) is 3. The van der Waals surface area contributed by atoms with Gasteiger partial charge in [0.2, 0.25) is 65.0 Å². The fraction of sp³-hybridized carbons (Fsp3) is 0.579. The Labute approximate surface area is 497 Å². The van der Waals surface area contributed by atoms with Crippen molar-refractivity contribution < 1.29 is 78.0 Å². The molecule has 16 N–H and O–H groups in total. The van der Waals surface area contributed by atoms with Gasteiger partial charge in [-0.3, -0.25) is 52.7 Å². The number of aliphatic carboxylic acids is 1. The van der Waals surface area contributed by atoms with Crippen molar-refractivity contribution in [3.05, 3.63) is 71.8 Å². The minimum absolute atomic E-state index is 0.0209. The van der Waals surface area contributed by atoms with Gasteiger partial charge in [-0.05, 0) is 69.0 Å². The lowest BCUT2D eigenvalue weighted by Crippen LogP contribution is -2.59. The summed E-state index contributed by atoms with van der Waals surface area (Å²) >= 11 is 0. The summed E-state index contributed by atoms with van der Waals surface area (Å²) in [5.41, 5.74) is 12.4. The quantitative estimate of drug-likeness (QED) is 0.0314. The topological polar surface area (TPSA) is 444 Å². The van der Waals surface area contributed by atoms with Gasteiger partial charge in [-0.1, -0.05) is 74.5 Å². The summed E-state index contributed by atoms with van der Waals surface area (Å²) in [7, 11) is 0. The molecular weight excluding hydrogens is 1120 g/mol. The first-order chi connectivity index (χ1) is 40.9. The average molecular weight is 1210 g/mol. The molecule has 0 saturated carbocycles. The van der Waals surface area contributed by atoms with Crippen LogP contribution in [0.3, 0.4) is 0 Å². The first-order valence-electron chi connectivity index (χ1n) is 28.9. The summed E-state index contributed by atoms with van der Waals surface area (Å²) in [6.45, 7) is 2.06. The molecule has 3 heterocycles. The van der Waals surface area contributed by atoms with Crippen LogP contribution in [0.2, 0.25) is 0 Å². The van der Waals surface area contributed by atoms with E-state index in [2.05, 4.69) is 42.5 Å². The lowest BCUT2D eigenvalue weighted by molar-refractivity contribution is -0.144. The SMILES string of the molecule is CC(C)C[C@H](NC(=O)CNC(=O)[C@@H]1CCCN1C(=O)[C@@H](NC(=O)CNC(=O)[C@@H]1C[C@@H](O)CN1C(=O)[C@H](Cc1ccccc1)NC(=O)CN)[C@@H](C)O)C(=O)N1C[C@H](O)C[C@H]1C(=O)NCC(=O)N[C@@H](Cc1ccccc1)C(=O)N[C@@H](CCCCN)C(=O)O. The Morgan fingerprint density at radius 1 is 0.558 bits per heavy atom. The number of aliphatic hydroxyl groups is 3. The van der Waals surface area contributed by atoms with Crippen molar-refractivity contribution in [1.82, 2.24) is 57.2 Å². The van der Waals surface area contributed by atoms with Gasteiger partial charge < -0.3 is 89.1 Å². The molecule has 2 aromatic rings. The number of unbranched alkanes of at least 4 members (excludes halogenated alkanes) is 1. The van der Waals surface area contributed by atoms with Gasteiger partial charge in [0.15, 0.2) is 0 Å². The fourth-order valence-corrected chi connectivity index (χ4v) is 10.5. The Balaban J connectivity index is 1.14. The van der Waals surface area contributed by atoms with Gasteiger partial charge in [0.1, 0.15) is 48.3 Å². The Bertz CT molecular complexity index is 2700. The van der Waals surface area contributed by atoms with Crippen LogP contribution in [0.15, 0.2) is 60.7 Å². The predicted octanol–water partition coefficient (Wildman–Crippen LogP) is -5.24. The number of hydrogen-bond acceptors (Lipinski definition) is 17. The summed E-state index contributed by atoms with van der Waals surface area (Å²) in [6, 6.07) is 7.10. The van der Waals surface area contributed by atoms with Gasteiger partial charge in [0, 0.05) is 45.3 Å². The minimum atomic E-state index is -1.62. The molecule has 0 unspecified atom stereocenters. The van der Waals surface area contributed by atoms with Crippen LogP contribution in [0.25, 0.3) is 0 Å². The smallest absolute Gasteiger partial charge is 0.326 e. The molecule has 472 valence electrons. The highest BCUT2D eigenvalue weighted by molar-refractivity contribution is 5.98. The molecule has 0 radical (unpaired) electrons. The molecule has 0 aromatic heterocycles. The predicted molar refractivity (Wildman–Crippen MR) is 307 cm³/mol. The molecule has 3 aliphatic heterocycles. The van der Waals surface area contributed by atoms with Crippen LogP contribution < -0.4 is 54.0 Å². The van der Waals surface area contributed by atoms with E-state index in [4.69, 9.17) is 11.5 Å². The lowest BCUT2D eigenvalue weighted by Gasteiger charge is -2.30. The van der Waals surface area contributed by atoms with Crippen molar-refractivity contribution in [3.63, 3.8) is 0 Å². The zero-order valence-electron chi connectivity index (χ0n) is 48.6. The van der Waals surface area contributed by atoms with Gasteiger partial charge in [-0.2, -0.15) is 0 Å². The van der Waals surface area contributed by atoms with E-state index in [0.717, 1.165) is 14.7 Å². The molecule has 0 bridgehead atoms. The number of nitrogens with two attached hydrogens (primary N) is 2. The Morgan fingerprint density at radius 2 is 1.02 bits per heavy atom. The molecule has 29 nitrogen and oxygen atoms in total. The van der Waals surface area contributed by atoms with E-state index >= 15 is 0 Å². The fourth-order valence-electron chi connectivity index (χ4n) is 10.5. The second-order valence-corrected chi connectivity index (χ2v) is 22.2. The number of rotatable bonds is 31. The largest absolute Gasteiger partial charge is 0.480 e. The number of carbonyl (C=O) groups excluding carboxylic acids is 11. The zero-order valence-corrected chi connectivity index (χ0v) is 48.6. The van der Waals surface area contributed by atoms with Gasteiger partial charge in [-0.15, -0.1) is 0 Å². The molecule has 3 fully saturated rings. The number of amides is 11. The van der Waals surface area contributed by atoms with Crippen LogP contribution in [0.4, 0.5) is 0 Å². The number of nitrogens with one attached hydrogen (secondary N) is 8. The summed E-state index contributed by atoms with van der Waals surface area (Å²) in [4.78, 5) is 164. The van der Waals surface area contributed by atoms with Crippen molar-refractivity contribution in [3.8, 4) is 0 Å². The molecule has 3 aliphatic rings. The molecule has 29 heteroatoms. The average Bonchev–Trinajstić information content (AvgIpc) is 2.06. The molecule has 5 rings (SSSR count). The Hall–Kier alpha value is -8.12. The maximum Gasteiger partial charge on any atom is 0.326 e. The summed E-state index contributed by atoms with van der Waals surface area (Å²) < 4.78 is 0. The number of carbonyl (C=O) groups is 12. The highest BCUT2D eigenvalue weighted by Crippen LogP contribution is 2.24. The van der Waals surface area contributed by atoms with Gasteiger partial charge in [0.25, 0.3) is 0 Å². The monoisotopic (exact) mass is 1210 g/mol. The molecule has 86 heavy (non-hydrogen) atoms. The van der Waals surface area contributed by atoms with Crippen molar-refractivity contribution in [2.24, 2.45) is 17.4 Å². The van der Waals surface area contributed by atoms with Crippen LogP contribution in [-0.4, -0.2) is 225 Å². The number of carboxylic acids is 1. The molecule has 0 spiro atoms. The van der Waals surface area contributed by atoms with Crippen LogP contribution >= 0.6 is 0 Å². The van der Waals surface area contributed by atoms with Crippen LogP contribution in [-0.2, 0) is 70.4 Å². The lowest BCUT2D eigenvalue weighted by atomic mass is 10.0. The molecule has 0 aliphatic carbocycles.